The molecule has 2 rings (SSSR count). The van der Waals surface area contributed by atoms with Gasteiger partial charge in [-0.2, -0.15) is 4.98 Å². The van der Waals surface area contributed by atoms with E-state index in [9.17, 15) is 4.79 Å². The first-order chi connectivity index (χ1) is 8.97. The van der Waals surface area contributed by atoms with Crippen LogP contribution in [0.1, 0.15) is 40.3 Å². The normalized spacial score (nSPS) is 12.2. The van der Waals surface area contributed by atoms with Gasteiger partial charge in [0.15, 0.2) is 0 Å². The molecule has 6 nitrogen and oxygen atoms in total. The van der Waals surface area contributed by atoms with Crippen LogP contribution < -0.4 is 11.1 Å². The molecule has 0 saturated carbocycles. The van der Waals surface area contributed by atoms with E-state index >= 15 is 0 Å². The average molecular weight is 259 g/mol. The Hall–Kier alpha value is -2.37. The number of H-pyrrole nitrogens is 1. The second-order valence-corrected chi connectivity index (χ2v) is 4.60. The Bertz CT molecular complexity index is 605. The van der Waals surface area contributed by atoms with Crippen molar-refractivity contribution in [2.24, 2.45) is 0 Å². The van der Waals surface area contributed by atoms with E-state index in [0.29, 0.717) is 0 Å². The van der Waals surface area contributed by atoms with E-state index in [1.807, 2.05) is 32.9 Å². The number of hydrogen-bond acceptors (Lipinski definition) is 4. The molecule has 0 aliphatic rings. The number of amides is 1. The van der Waals surface area contributed by atoms with Gasteiger partial charge in [-0.15, -0.1) is 5.10 Å². The SMILES string of the molecule is Cc1ccc(C(C)NC(=O)c2nc(N)n[nH]2)c(C)c1. The van der Waals surface area contributed by atoms with Gasteiger partial charge in [0.1, 0.15) is 0 Å². The second-order valence-electron chi connectivity index (χ2n) is 4.60. The van der Waals surface area contributed by atoms with E-state index in [1.54, 1.807) is 0 Å². The van der Waals surface area contributed by atoms with E-state index in [4.69, 9.17) is 5.73 Å². The largest absolute Gasteiger partial charge is 0.366 e. The van der Waals surface area contributed by atoms with Crippen LogP contribution in [-0.2, 0) is 0 Å². The summed E-state index contributed by atoms with van der Waals surface area (Å²) in [5, 5.41) is 8.97. The van der Waals surface area contributed by atoms with Gasteiger partial charge in [0, 0.05) is 0 Å². The molecule has 0 spiro atoms. The zero-order valence-corrected chi connectivity index (χ0v) is 11.2. The van der Waals surface area contributed by atoms with Crippen molar-refractivity contribution >= 4 is 11.9 Å². The highest BCUT2D eigenvalue weighted by molar-refractivity contribution is 5.90. The van der Waals surface area contributed by atoms with Crippen molar-refractivity contribution in [3.63, 3.8) is 0 Å². The van der Waals surface area contributed by atoms with Crippen LogP contribution in [0, 0.1) is 13.8 Å². The minimum absolute atomic E-state index is 0.0596. The second kappa shape index (κ2) is 5.09. The van der Waals surface area contributed by atoms with Gasteiger partial charge < -0.3 is 11.1 Å². The van der Waals surface area contributed by atoms with Gasteiger partial charge >= 0.3 is 0 Å². The van der Waals surface area contributed by atoms with Crippen LogP contribution in [0.15, 0.2) is 18.2 Å². The number of nitrogens with two attached hydrogens (primary N) is 1. The maximum atomic E-state index is 11.9. The summed E-state index contributed by atoms with van der Waals surface area (Å²) in [5.41, 5.74) is 8.78. The first-order valence-electron chi connectivity index (χ1n) is 6.03. The molecule has 1 heterocycles. The van der Waals surface area contributed by atoms with Crippen LogP contribution in [0.3, 0.4) is 0 Å². The lowest BCUT2D eigenvalue weighted by atomic mass is 10.0. The molecular formula is C13H17N5O. The summed E-state index contributed by atoms with van der Waals surface area (Å²) < 4.78 is 0. The van der Waals surface area contributed by atoms with E-state index in [1.165, 1.54) is 5.56 Å². The third-order valence-corrected chi connectivity index (χ3v) is 2.96. The number of rotatable bonds is 3. The fourth-order valence-corrected chi connectivity index (χ4v) is 2.03. The zero-order chi connectivity index (χ0) is 14.0. The van der Waals surface area contributed by atoms with Gasteiger partial charge in [-0.3, -0.25) is 9.89 Å². The number of nitrogen functional groups attached to an aromatic ring is 1. The third kappa shape index (κ3) is 2.90. The summed E-state index contributed by atoms with van der Waals surface area (Å²) in [6.07, 6.45) is 0. The van der Waals surface area contributed by atoms with Crippen molar-refractivity contribution < 1.29 is 4.79 Å². The zero-order valence-electron chi connectivity index (χ0n) is 11.2. The molecule has 0 saturated heterocycles. The summed E-state index contributed by atoms with van der Waals surface area (Å²) in [4.78, 5) is 15.7. The molecule has 0 radical (unpaired) electrons. The van der Waals surface area contributed by atoms with Crippen LogP contribution >= 0.6 is 0 Å². The third-order valence-electron chi connectivity index (χ3n) is 2.96. The molecule has 4 N–H and O–H groups in total. The van der Waals surface area contributed by atoms with Crippen molar-refractivity contribution in [1.29, 1.82) is 0 Å². The Balaban J connectivity index is 2.12. The van der Waals surface area contributed by atoms with Gasteiger partial charge in [-0.1, -0.05) is 23.8 Å². The topological polar surface area (TPSA) is 96.7 Å². The lowest BCUT2D eigenvalue weighted by Crippen LogP contribution is -2.28. The lowest BCUT2D eigenvalue weighted by Gasteiger charge is -2.16. The van der Waals surface area contributed by atoms with Crippen LogP contribution in [0.5, 0.6) is 0 Å². The molecule has 100 valence electrons. The predicted octanol–water partition coefficient (Wildman–Crippen LogP) is 1.49. The molecule has 0 aliphatic carbocycles. The van der Waals surface area contributed by atoms with Crippen molar-refractivity contribution in [1.82, 2.24) is 20.5 Å². The Morgan fingerprint density at radius 2 is 2.16 bits per heavy atom. The van der Waals surface area contributed by atoms with E-state index in [2.05, 4.69) is 26.6 Å². The summed E-state index contributed by atoms with van der Waals surface area (Å²) in [7, 11) is 0. The van der Waals surface area contributed by atoms with Crippen LogP contribution in [-0.4, -0.2) is 21.1 Å². The van der Waals surface area contributed by atoms with E-state index < -0.39 is 0 Å². The van der Waals surface area contributed by atoms with E-state index in [-0.39, 0.29) is 23.7 Å². The smallest absolute Gasteiger partial charge is 0.289 e. The molecule has 0 bridgehead atoms. The number of aromatic nitrogens is 3. The van der Waals surface area contributed by atoms with Gasteiger partial charge in [0.05, 0.1) is 6.04 Å². The number of carbonyl (C=O) groups is 1. The minimum Gasteiger partial charge on any atom is -0.366 e. The first kappa shape index (κ1) is 13.1. The van der Waals surface area contributed by atoms with Crippen molar-refractivity contribution in [3.05, 3.63) is 40.7 Å². The van der Waals surface area contributed by atoms with Crippen LogP contribution in [0.4, 0.5) is 5.95 Å². The lowest BCUT2D eigenvalue weighted by molar-refractivity contribution is 0.0930. The molecule has 0 aliphatic heterocycles. The highest BCUT2D eigenvalue weighted by atomic mass is 16.2. The Labute approximate surface area is 111 Å². The molecule has 0 fully saturated rings. The number of carbonyl (C=O) groups excluding carboxylic acids is 1. The van der Waals surface area contributed by atoms with Gasteiger partial charge in [-0.05, 0) is 31.9 Å². The molecule has 1 aromatic heterocycles. The van der Waals surface area contributed by atoms with Crippen LogP contribution in [0.25, 0.3) is 0 Å². The van der Waals surface area contributed by atoms with Gasteiger partial charge in [0.2, 0.25) is 11.8 Å². The Morgan fingerprint density at radius 1 is 1.42 bits per heavy atom. The maximum Gasteiger partial charge on any atom is 0.289 e. The summed E-state index contributed by atoms with van der Waals surface area (Å²) in [6.45, 7) is 5.99. The van der Waals surface area contributed by atoms with Gasteiger partial charge in [-0.25, -0.2) is 0 Å². The molecule has 2 aromatic rings. The summed E-state index contributed by atoms with van der Waals surface area (Å²) in [5.74, 6) is -0.143. The molecule has 1 atom stereocenters. The molecule has 1 aromatic carbocycles. The number of aromatic amines is 1. The molecule has 19 heavy (non-hydrogen) atoms. The minimum atomic E-state index is -0.323. The molecule has 1 amide bonds. The summed E-state index contributed by atoms with van der Waals surface area (Å²) in [6, 6.07) is 6.02. The maximum absolute atomic E-state index is 11.9. The monoisotopic (exact) mass is 259 g/mol. The Morgan fingerprint density at radius 3 is 2.74 bits per heavy atom. The highest BCUT2D eigenvalue weighted by Gasteiger charge is 2.15. The Kier molecular flexibility index (Phi) is 3.50. The van der Waals surface area contributed by atoms with Gasteiger partial charge in [0.25, 0.3) is 5.91 Å². The number of nitrogens with zero attached hydrogens (tertiary/aromatic N) is 2. The van der Waals surface area contributed by atoms with E-state index in [0.717, 1.165) is 11.1 Å². The highest BCUT2D eigenvalue weighted by Crippen LogP contribution is 2.18. The number of aryl methyl sites for hydroxylation is 2. The standard InChI is InChI=1S/C13H17N5O/c1-7-4-5-10(8(2)6-7)9(3)15-12(19)11-16-13(14)18-17-11/h4-6,9H,1-3H3,(H,15,19)(H3,14,16,17,18). The van der Waals surface area contributed by atoms with Crippen molar-refractivity contribution in [2.45, 2.75) is 26.8 Å². The van der Waals surface area contributed by atoms with Crippen molar-refractivity contribution in [3.8, 4) is 0 Å². The average Bonchev–Trinajstić information content (AvgIpc) is 2.75. The molecule has 6 heteroatoms. The summed E-state index contributed by atoms with van der Waals surface area (Å²) >= 11 is 0. The fraction of sp³-hybridized carbons (Fsp3) is 0.308. The predicted molar refractivity (Wildman–Crippen MR) is 72.6 cm³/mol. The molecule has 1 unspecified atom stereocenters. The quantitative estimate of drug-likeness (QED) is 0.778. The fourth-order valence-electron chi connectivity index (χ4n) is 2.03. The number of benzene rings is 1. The van der Waals surface area contributed by atoms with Crippen molar-refractivity contribution in [2.75, 3.05) is 5.73 Å². The number of hydrogen-bond donors (Lipinski definition) is 3. The first-order valence-corrected chi connectivity index (χ1v) is 6.03. The van der Waals surface area contributed by atoms with Crippen LogP contribution in [0.2, 0.25) is 0 Å². The molecular weight excluding hydrogens is 242 g/mol. The number of nitrogens with one attached hydrogen (secondary N) is 2. The number of anilines is 1.